The number of rotatable bonds is 5. The predicted octanol–water partition coefficient (Wildman–Crippen LogP) is 2.83. The van der Waals surface area contributed by atoms with Crippen LogP contribution in [-0.2, 0) is 19.9 Å². The molecule has 2 rings (SSSR count). The van der Waals surface area contributed by atoms with Gasteiger partial charge in [-0.15, -0.1) is 0 Å². The van der Waals surface area contributed by atoms with E-state index in [0.717, 1.165) is 23.4 Å². The highest BCUT2D eigenvalue weighted by Crippen LogP contribution is 2.26. The second-order valence-corrected chi connectivity index (χ2v) is 5.49. The molecule has 0 fully saturated rings. The summed E-state index contributed by atoms with van der Waals surface area (Å²) in [4.78, 5) is 0. The van der Waals surface area contributed by atoms with Crippen LogP contribution in [0.5, 0.6) is 0 Å². The van der Waals surface area contributed by atoms with Crippen LogP contribution < -0.4 is 11.3 Å². The van der Waals surface area contributed by atoms with Crippen molar-refractivity contribution < 1.29 is 4.39 Å². The van der Waals surface area contributed by atoms with E-state index in [-0.39, 0.29) is 11.9 Å². The summed E-state index contributed by atoms with van der Waals surface area (Å²) in [6.45, 7) is 3.74. The van der Waals surface area contributed by atoms with Crippen molar-refractivity contribution in [2.24, 2.45) is 12.9 Å². The Morgan fingerprint density at radius 3 is 2.71 bits per heavy atom. The van der Waals surface area contributed by atoms with E-state index in [1.807, 2.05) is 20.0 Å². The Labute approximate surface area is 129 Å². The fraction of sp³-hybridized carbons (Fsp3) is 0.400. The van der Waals surface area contributed by atoms with Crippen LogP contribution >= 0.6 is 11.6 Å². The zero-order valence-electron chi connectivity index (χ0n) is 12.5. The molecule has 0 aliphatic carbocycles. The number of nitrogens with zero attached hydrogens (tertiary/aromatic N) is 2. The highest BCUT2D eigenvalue weighted by atomic mass is 35.5. The first-order valence-corrected chi connectivity index (χ1v) is 7.28. The molecule has 1 aromatic heterocycles. The summed E-state index contributed by atoms with van der Waals surface area (Å²) < 4.78 is 15.5. The van der Waals surface area contributed by atoms with Crippen LogP contribution in [0.2, 0.25) is 5.02 Å². The largest absolute Gasteiger partial charge is 0.271 e. The van der Waals surface area contributed by atoms with Gasteiger partial charge in [0.2, 0.25) is 0 Å². The van der Waals surface area contributed by atoms with Crippen molar-refractivity contribution in [3.63, 3.8) is 0 Å². The molecule has 114 valence electrons. The van der Waals surface area contributed by atoms with Gasteiger partial charge in [0, 0.05) is 13.5 Å². The van der Waals surface area contributed by atoms with Crippen LogP contribution in [0.1, 0.15) is 35.5 Å². The van der Waals surface area contributed by atoms with Crippen molar-refractivity contribution in [2.45, 2.75) is 32.7 Å². The topological polar surface area (TPSA) is 55.9 Å². The molecule has 2 aromatic rings. The number of hydrogen-bond acceptors (Lipinski definition) is 3. The monoisotopic (exact) mass is 310 g/mol. The minimum atomic E-state index is -0.238. The molecular formula is C15H20ClFN4. The van der Waals surface area contributed by atoms with E-state index in [4.69, 9.17) is 17.4 Å². The van der Waals surface area contributed by atoms with Crippen LogP contribution in [-0.4, -0.2) is 9.78 Å². The van der Waals surface area contributed by atoms with Gasteiger partial charge in [-0.05, 0) is 30.5 Å². The first-order valence-electron chi connectivity index (χ1n) is 6.90. The number of hydrogen-bond donors (Lipinski definition) is 2. The summed E-state index contributed by atoms with van der Waals surface area (Å²) in [6.07, 6.45) is 1.31. The number of halogens is 2. The SMILES string of the molecule is CCc1nn(C)c(CC(NN)c2ccc(C)c(F)c2)c1Cl. The Bertz CT molecular complexity index is 639. The van der Waals surface area contributed by atoms with Gasteiger partial charge in [-0.2, -0.15) is 5.10 Å². The van der Waals surface area contributed by atoms with Crippen molar-refractivity contribution in [1.82, 2.24) is 15.2 Å². The Kier molecular flexibility index (Phi) is 4.98. The predicted molar refractivity (Wildman–Crippen MR) is 82.5 cm³/mol. The van der Waals surface area contributed by atoms with Crippen molar-refractivity contribution in [1.29, 1.82) is 0 Å². The van der Waals surface area contributed by atoms with E-state index in [1.54, 1.807) is 17.7 Å². The lowest BCUT2D eigenvalue weighted by Crippen LogP contribution is -2.30. The summed E-state index contributed by atoms with van der Waals surface area (Å²) in [5, 5.41) is 5.04. The van der Waals surface area contributed by atoms with Gasteiger partial charge in [-0.1, -0.05) is 30.7 Å². The number of aryl methyl sites for hydroxylation is 3. The smallest absolute Gasteiger partial charge is 0.126 e. The maximum absolute atomic E-state index is 13.7. The third kappa shape index (κ3) is 3.26. The van der Waals surface area contributed by atoms with Crippen LogP contribution in [0.15, 0.2) is 18.2 Å². The molecule has 0 amide bonds. The molecule has 0 saturated carbocycles. The van der Waals surface area contributed by atoms with Gasteiger partial charge in [-0.3, -0.25) is 16.0 Å². The highest BCUT2D eigenvalue weighted by Gasteiger charge is 2.19. The average molecular weight is 311 g/mol. The zero-order chi connectivity index (χ0) is 15.6. The molecule has 0 aliphatic rings. The lowest BCUT2D eigenvalue weighted by Gasteiger charge is -2.17. The van der Waals surface area contributed by atoms with Gasteiger partial charge in [0.15, 0.2) is 0 Å². The fourth-order valence-electron chi connectivity index (χ4n) is 2.33. The van der Waals surface area contributed by atoms with Gasteiger partial charge in [-0.25, -0.2) is 4.39 Å². The molecule has 0 radical (unpaired) electrons. The third-order valence-electron chi connectivity index (χ3n) is 3.70. The number of nitrogens with two attached hydrogens (primary N) is 1. The van der Waals surface area contributed by atoms with Crippen LogP contribution in [0.4, 0.5) is 4.39 Å². The van der Waals surface area contributed by atoms with Crippen LogP contribution in [0.25, 0.3) is 0 Å². The molecule has 0 saturated heterocycles. The normalized spacial score (nSPS) is 12.7. The fourth-order valence-corrected chi connectivity index (χ4v) is 2.70. The summed E-state index contributed by atoms with van der Waals surface area (Å²) in [5.41, 5.74) is 5.88. The summed E-state index contributed by atoms with van der Waals surface area (Å²) in [7, 11) is 1.85. The average Bonchev–Trinajstić information content (AvgIpc) is 2.74. The summed E-state index contributed by atoms with van der Waals surface area (Å²) in [6, 6.07) is 4.90. The highest BCUT2D eigenvalue weighted by molar-refractivity contribution is 6.31. The molecule has 4 nitrogen and oxygen atoms in total. The molecule has 1 unspecified atom stereocenters. The molecule has 1 atom stereocenters. The summed E-state index contributed by atoms with van der Waals surface area (Å²) in [5.74, 6) is 5.40. The lowest BCUT2D eigenvalue weighted by molar-refractivity contribution is 0.524. The van der Waals surface area contributed by atoms with Crippen LogP contribution in [0.3, 0.4) is 0 Å². The minimum Gasteiger partial charge on any atom is -0.271 e. The molecule has 0 spiro atoms. The molecule has 1 heterocycles. The Hall–Kier alpha value is -1.43. The number of nitrogens with one attached hydrogen (secondary N) is 1. The first kappa shape index (κ1) is 15.9. The van der Waals surface area contributed by atoms with Crippen molar-refractivity contribution in [2.75, 3.05) is 0 Å². The minimum absolute atomic E-state index is 0.224. The Morgan fingerprint density at radius 2 is 2.19 bits per heavy atom. The van der Waals surface area contributed by atoms with Crippen molar-refractivity contribution >= 4 is 11.6 Å². The van der Waals surface area contributed by atoms with Crippen molar-refractivity contribution in [3.8, 4) is 0 Å². The van der Waals surface area contributed by atoms with E-state index in [2.05, 4.69) is 10.5 Å². The first-order chi connectivity index (χ1) is 9.97. The van der Waals surface area contributed by atoms with E-state index in [0.29, 0.717) is 17.0 Å². The number of hydrazine groups is 1. The van der Waals surface area contributed by atoms with Crippen LogP contribution in [0, 0.1) is 12.7 Å². The third-order valence-corrected chi connectivity index (χ3v) is 4.14. The number of benzene rings is 1. The van der Waals surface area contributed by atoms with Gasteiger partial charge in [0.25, 0.3) is 0 Å². The molecule has 1 aromatic carbocycles. The molecular weight excluding hydrogens is 291 g/mol. The lowest BCUT2D eigenvalue weighted by atomic mass is 10.0. The second kappa shape index (κ2) is 6.56. The van der Waals surface area contributed by atoms with E-state index >= 15 is 0 Å². The van der Waals surface area contributed by atoms with Crippen molar-refractivity contribution in [3.05, 3.63) is 51.6 Å². The maximum atomic E-state index is 13.7. The van der Waals surface area contributed by atoms with E-state index in [9.17, 15) is 4.39 Å². The number of aromatic nitrogens is 2. The molecule has 3 N–H and O–H groups in total. The maximum Gasteiger partial charge on any atom is 0.126 e. The van der Waals surface area contributed by atoms with Gasteiger partial charge in [0.05, 0.1) is 22.5 Å². The molecule has 0 bridgehead atoms. The quantitative estimate of drug-likeness (QED) is 0.659. The van der Waals surface area contributed by atoms with Gasteiger partial charge >= 0.3 is 0 Å². The van der Waals surface area contributed by atoms with E-state index < -0.39 is 0 Å². The Balaban J connectivity index is 2.31. The molecule has 0 aliphatic heterocycles. The molecule has 6 heteroatoms. The standard InChI is InChI=1S/C15H20ClFN4/c1-4-12-15(16)14(21(3)20-12)8-13(19-18)10-6-5-9(2)11(17)7-10/h5-7,13,19H,4,8,18H2,1-3H3. The Morgan fingerprint density at radius 1 is 1.48 bits per heavy atom. The zero-order valence-corrected chi connectivity index (χ0v) is 13.2. The van der Waals surface area contributed by atoms with Gasteiger partial charge in [0.1, 0.15) is 5.82 Å². The van der Waals surface area contributed by atoms with E-state index in [1.165, 1.54) is 6.07 Å². The van der Waals surface area contributed by atoms with Gasteiger partial charge < -0.3 is 0 Å². The molecule has 21 heavy (non-hydrogen) atoms. The second-order valence-electron chi connectivity index (χ2n) is 5.12. The summed E-state index contributed by atoms with van der Waals surface area (Å²) >= 11 is 6.35.